The van der Waals surface area contributed by atoms with Gasteiger partial charge < -0.3 is 10.2 Å². The molecule has 1 aromatic heterocycles. The smallest absolute Gasteiger partial charge is 0.252 e. The molecule has 3 rings (SSSR count). The minimum Gasteiger partial charge on any atom is -0.351 e. The van der Waals surface area contributed by atoms with Gasteiger partial charge in [0.25, 0.3) is 5.91 Å². The van der Waals surface area contributed by atoms with Crippen molar-refractivity contribution in [2.75, 3.05) is 13.1 Å². The van der Waals surface area contributed by atoms with Crippen LogP contribution in [0.4, 0.5) is 0 Å². The molecule has 1 aliphatic heterocycles. The Morgan fingerprint density at radius 2 is 2.13 bits per heavy atom. The molecule has 1 saturated heterocycles. The molecule has 1 N–H and O–H groups in total. The normalized spacial score (nSPS) is 27.3. The van der Waals surface area contributed by atoms with Gasteiger partial charge in [0.05, 0.1) is 0 Å². The van der Waals surface area contributed by atoms with Crippen molar-refractivity contribution in [2.45, 2.75) is 51.5 Å². The molecule has 23 heavy (non-hydrogen) atoms. The standard InChI is InChI=1S/C18H26N2O2S/c1-13-7-10-20(16-5-3-2-4-15(13)16)17(21)6-9-19-18(22)14-8-11-23-12-14/h8,11-13,15-16H,2-7,9-10H2,1H3,(H,19,22)/t13-,15-,16-/m0/s1. The van der Waals surface area contributed by atoms with Crippen molar-refractivity contribution in [3.8, 4) is 0 Å². The number of nitrogens with one attached hydrogen (secondary N) is 1. The van der Waals surface area contributed by atoms with Crippen LogP contribution in [-0.2, 0) is 4.79 Å². The van der Waals surface area contributed by atoms with E-state index in [1.54, 1.807) is 6.07 Å². The van der Waals surface area contributed by atoms with Crippen molar-refractivity contribution < 1.29 is 9.59 Å². The highest BCUT2D eigenvalue weighted by atomic mass is 32.1. The minimum atomic E-state index is -0.0816. The first-order chi connectivity index (χ1) is 11.2. The van der Waals surface area contributed by atoms with E-state index in [1.165, 1.54) is 30.6 Å². The van der Waals surface area contributed by atoms with Gasteiger partial charge in [-0.3, -0.25) is 9.59 Å². The fourth-order valence-corrected chi connectivity index (χ4v) is 4.78. The van der Waals surface area contributed by atoms with Crippen LogP contribution in [-0.4, -0.2) is 35.8 Å². The lowest BCUT2D eigenvalue weighted by molar-refractivity contribution is -0.138. The number of likely N-dealkylation sites (tertiary alicyclic amines) is 1. The lowest BCUT2D eigenvalue weighted by Gasteiger charge is -2.47. The number of carbonyl (C=O) groups is 2. The zero-order valence-electron chi connectivity index (χ0n) is 13.8. The number of hydrogen-bond donors (Lipinski definition) is 1. The quantitative estimate of drug-likeness (QED) is 0.918. The molecule has 1 saturated carbocycles. The monoisotopic (exact) mass is 334 g/mol. The van der Waals surface area contributed by atoms with E-state index in [9.17, 15) is 9.59 Å². The minimum absolute atomic E-state index is 0.0816. The molecule has 0 radical (unpaired) electrons. The summed E-state index contributed by atoms with van der Waals surface area (Å²) in [4.78, 5) is 26.6. The number of nitrogens with zero attached hydrogens (tertiary/aromatic N) is 1. The Hall–Kier alpha value is -1.36. The van der Waals surface area contributed by atoms with Crippen LogP contribution in [0.5, 0.6) is 0 Å². The van der Waals surface area contributed by atoms with E-state index in [2.05, 4.69) is 17.1 Å². The molecule has 0 unspecified atom stereocenters. The molecule has 2 heterocycles. The van der Waals surface area contributed by atoms with Crippen molar-refractivity contribution in [3.05, 3.63) is 22.4 Å². The lowest BCUT2D eigenvalue weighted by atomic mass is 9.72. The summed E-state index contributed by atoms with van der Waals surface area (Å²) in [6, 6.07) is 2.24. The van der Waals surface area contributed by atoms with E-state index < -0.39 is 0 Å². The highest BCUT2D eigenvalue weighted by molar-refractivity contribution is 7.08. The first-order valence-electron chi connectivity index (χ1n) is 8.76. The number of fused-ring (bicyclic) bond motifs is 1. The molecular weight excluding hydrogens is 308 g/mol. The average Bonchev–Trinajstić information content (AvgIpc) is 3.10. The van der Waals surface area contributed by atoms with Crippen molar-refractivity contribution in [1.29, 1.82) is 0 Å². The van der Waals surface area contributed by atoms with Gasteiger partial charge in [0.1, 0.15) is 0 Å². The number of amides is 2. The summed E-state index contributed by atoms with van der Waals surface area (Å²) < 4.78 is 0. The zero-order chi connectivity index (χ0) is 16.2. The van der Waals surface area contributed by atoms with Gasteiger partial charge in [0, 0.05) is 36.5 Å². The van der Waals surface area contributed by atoms with E-state index in [4.69, 9.17) is 0 Å². The summed E-state index contributed by atoms with van der Waals surface area (Å²) in [5.74, 6) is 1.55. The van der Waals surface area contributed by atoms with Gasteiger partial charge in [-0.2, -0.15) is 11.3 Å². The summed E-state index contributed by atoms with van der Waals surface area (Å²) in [6.07, 6.45) is 6.50. The maximum absolute atomic E-state index is 12.6. The van der Waals surface area contributed by atoms with Crippen molar-refractivity contribution in [3.63, 3.8) is 0 Å². The molecule has 1 aromatic rings. The number of piperidine rings is 1. The second-order valence-corrected chi connectivity index (χ2v) is 7.67. The molecule has 0 spiro atoms. The van der Waals surface area contributed by atoms with Gasteiger partial charge in [-0.25, -0.2) is 0 Å². The average molecular weight is 334 g/mol. The molecule has 4 nitrogen and oxygen atoms in total. The molecule has 1 aliphatic carbocycles. The van der Waals surface area contributed by atoms with Gasteiger partial charge in [0.2, 0.25) is 5.91 Å². The maximum atomic E-state index is 12.6. The predicted molar refractivity (Wildman–Crippen MR) is 92.5 cm³/mol. The SMILES string of the molecule is C[C@H]1CCN(C(=O)CCNC(=O)c2ccsc2)[C@H]2CCCC[C@@H]12. The Kier molecular flexibility index (Phi) is 5.36. The van der Waals surface area contributed by atoms with Crippen LogP contribution < -0.4 is 5.32 Å². The molecular formula is C18H26N2O2S. The van der Waals surface area contributed by atoms with E-state index in [0.29, 0.717) is 30.5 Å². The maximum Gasteiger partial charge on any atom is 0.252 e. The molecule has 126 valence electrons. The number of hydrogen-bond acceptors (Lipinski definition) is 3. The molecule has 0 bridgehead atoms. The molecule has 3 atom stereocenters. The largest absolute Gasteiger partial charge is 0.351 e. The molecule has 5 heteroatoms. The van der Waals surface area contributed by atoms with Crippen LogP contribution in [0.25, 0.3) is 0 Å². The van der Waals surface area contributed by atoms with Gasteiger partial charge in [-0.05, 0) is 42.5 Å². The Labute approximate surface area is 142 Å². The third-order valence-corrected chi connectivity index (χ3v) is 6.15. The summed E-state index contributed by atoms with van der Waals surface area (Å²) >= 11 is 1.51. The van der Waals surface area contributed by atoms with Crippen LogP contribution in [0.2, 0.25) is 0 Å². The first kappa shape index (κ1) is 16.5. The van der Waals surface area contributed by atoms with Crippen molar-refractivity contribution in [2.24, 2.45) is 11.8 Å². The summed E-state index contributed by atoms with van der Waals surface area (Å²) in [5, 5.41) is 6.57. The first-order valence-corrected chi connectivity index (χ1v) is 9.71. The highest BCUT2D eigenvalue weighted by Crippen LogP contribution is 2.38. The van der Waals surface area contributed by atoms with Crippen LogP contribution >= 0.6 is 11.3 Å². The van der Waals surface area contributed by atoms with Gasteiger partial charge in [-0.15, -0.1) is 0 Å². The summed E-state index contributed by atoms with van der Waals surface area (Å²) in [7, 11) is 0. The van der Waals surface area contributed by atoms with E-state index in [1.807, 2.05) is 10.8 Å². The van der Waals surface area contributed by atoms with Crippen LogP contribution in [0, 0.1) is 11.8 Å². The summed E-state index contributed by atoms with van der Waals surface area (Å²) in [6.45, 7) is 3.66. The van der Waals surface area contributed by atoms with Gasteiger partial charge in [-0.1, -0.05) is 19.8 Å². The second kappa shape index (κ2) is 7.47. The third kappa shape index (κ3) is 3.77. The Morgan fingerprint density at radius 3 is 2.91 bits per heavy atom. The van der Waals surface area contributed by atoms with Crippen LogP contribution in [0.3, 0.4) is 0 Å². The topological polar surface area (TPSA) is 49.4 Å². The molecule has 2 amide bonds. The zero-order valence-corrected chi connectivity index (χ0v) is 14.6. The second-order valence-electron chi connectivity index (χ2n) is 6.89. The molecule has 2 aliphatic rings. The molecule has 2 fully saturated rings. The number of rotatable bonds is 4. The van der Waals surface area contributed by atoms with Crippen LogP contribution in [0.15, 0.2) is 16.8 Å². The summed E-state index contributed by atoms with van der Waals surface area (Å²) in [5.41, 5.74) is 0.682. The Bertz CT molecular complexity index is 543. The molecule has 0 aromatic carbocycles. The fraction of sp³-hybridized carbons (Fsp3) is 0.667. The van der Waals surface area contributed by atoms with Crippen LogP contribution in [0.1, 0.15) is 55.8 Å². The number of thiophene rings is 1. The lowest BCUT2D eigenvalue weighted by Crippen LogP contribution is -2.52. The highest BCUT2D eigenvalue weighted by Gasteiger charge is 2.38. The van der Waals surface area contributed by atoms with Crippen molar-refractivity contribution in [1.82, 2.24) is 10.2 Å². The van der Waals surface area contributed by atoms with Gasteiger partial charge >= 0.3 is 0 Å². The Morgan fingerprint density at radius 1 is 1.30 bits per heavy atom. The predicted octanol–water partition coefficient (Wildman–Crippen LogP) is 3.30. The van der Waals surface area contributed by atoms with E-state index in [0.717, 1.165) is 25.3 Å². The van der Waals surface area contributed by atoms with E-state index >= 15 is 0 Å². The third-order valence-electron chi connectivity index (χ3n) is 5.47. The van der Waals surface area contributed by atoms with Gasteiger partial charge in [0.15, 0.2) is 0 Å². The fourth-order valence-electron chi connectivity index (χ4n) is 4.15. The van der Waals surface area contributed by atoms with Crippen molar-refractivity contribution >= 4 is 23.2 Å². The van der Waals surface area contributed by atoms with E-state index in [-0.39, 0.29) is 11.8 Å². The number of carbonyl (C=O) groups excluding carboxylic acids is 2. The Balaban J connectivity index is 1.50.